The van der Waals surface area contributed by atoms with Crippen LogP contribution in [0, 0.1) is 13.8 Å². The summed E-state index contributed by atoms with van der Waals surface area (Å²) < 4.78 is 1.80. The molecule has 1 unspecified atom stereocenters. The van der Waals surface area contributed by atoms with Crippen LogP contribution in [0.4, 0.5) is 0 Å². The molecule has 1 aromatic carbocycles. The molecule has 2 aromatic heterocycles. The molecule has 0 aliphatic heterocycles. The van der Waals surface area contributed by atoms with Crippen molar-refractivity contribution < 1.29 is 4.79 Å². The van der Waals surface area contributed by atoms with Crippen LogP contribution in [-0.2, 0) is 7.05 Å². The molecule has 1 amide bonds. The Morgan fingerprint density at radius 2 is 1.96 bits per heavy atom. The lowest BCUT2D eigenvalue weighted by molar-refractivity contribution is 0.0935. The summed E-state index contributed by atoms with van der Waals surface area (Å²) in [6, 6.07) is 8.03. The largest absolute Gasteiger partial charge is 0.344 e. The van der Waals surface area contributed by atoms with Gasteiger partial charge in [0.05, 0.1) is 12.2 Å². The number of benzene rings is 1. The van der Waals surface area contributed by atoms with Crippen LogP contribution in [0.1, 0.15) is 40.3 Å². The quantitative estimate of drug-likeness (QED) is 0.788. The molecule has 0 saturated heterocycles. The van der Waals surface area contributed by atoms with Crippen LogP contribution < -0.4 is 5.32 Å². The molecule has 0 bridgehead atoms. The van der Waals surface area contributed by atoms with Crippen molar-refractivity contribution >= 4 is 17.2 Å². The minimum atomic E-state index is -0.166. The first-order chi connectivity index (χ1) is 11.5. The predicted molar refractivity (Wildman–Crippen MR) is 96.1 cm³/mol. The summed E-state index contributed by atoms with van der Waals surface area (Å²) in [7, 11) is 1.89. The fourth-order valence-electron chi connectivity index (χ4n) is 2.50. The van der Waals surface area contributed by atoms with Gasteiger partial charge in [0, 0.05) is 29.2 Å². The Balaban J connectivity index is 1.74. The molecule has 0 aliphatic rings. The number of nitrogens with one attached hydrogen (secondary N) is 1. The Morgan fingerprint density at radius 1 is 1.25 bits per heavy atom. The molecule has 1 N–H and O–H groups in total. The van der Waals surface area contributed by atoms with Crippen LogP contribution in [-0.4, -0.2) is 20.7 Å². The fourth-order valence-corrected chi connectivity index (χ4v) is 3.30. The average Bonchev–Trinajstić information content (AvgIpc) is 3.16. The zero-order chi connectivity index (χ0) is 17.3. The third kappa shape index (κ3) is 3.23. The average molecular weight is 340 g/mol. The summed E-state index contributed by atoms with van der Waals surface area (Å²) in [6.45, 7) is 5.99. The van der Waals surface area contributed by atoms with Gasteiger partial charge in [-0.1, -0.05) is 29.8 Å². The standard InChI is InChI=1S/C18H20N4OS/c1-11-5-7-14(8-6-11)18-21-16(10-24-18)17(23)20-12(2)15-9-19-22(4)13(15)3/h5-10,12H,1-4H3,(H,20,23). The fraction of sp³-hybridized carbons (Fsp3) is 0.278. The first-order valence-electron chi connectivity index (χ1n) is 7.77. The Labute approximate surface area is 145 Å². The number of carbonyl (C=O) groups excluding carboxylic acids is 1. The minimum Gasteiger partial charge on any atom is -0.344 e. The van der Waals surface area contributed by atoms with E-state index in [1.54, 1.807) is 16.3 Å². The molecule has 6 heteroatoms. The second kappa shape index (κ2) is 6.57. The highest BCUT2D eigenvalue weighted by atomic mass is 32.1. The number of aryl methyl sites for hydroxylation is 2. The van der Waals surface area contributed by atoms with Crippen molar-refractivity contribution in [2.24, 2.45) is 7.05 Å². The van der Waals surface area contributed by atoms with Gasteiger partial charge in [-0.2, -0.15) is 5.10 Å². The van der Waals surface area contributed by atoms with Crippen molar-refractivity contribution in [2.45, 2.75) is 26.8 Å². The molecule has 24 heavy (non-hydrogen) atoms. The lowest BCUT2D eigenvalue weighted by Gasteiger charge is -2.12. The maximum atomic E-state index is 12.5. The van der Waals surface area contributed by atoms with Crippen molar-refractivity contribution in [3.8, 4) is 10.6 Å². The van der Waals surface area contributed by atoms with Crippen molar-refractivity contribution in [1.29, 1.82) is 0 Å². The van der Waals surface area contributed by atoms with Gasteiger partial charge in [-0.3, -0.25) is 9.48 Å². The summed E-state index contributed by atoms with van der Waals surface area (Å²) in [4.78, 5) is 16.9. The minimum absolute atomic E-state index is 0.115. The summed E-state index contributed by atoms with van der Waals surface area (Å²) in [5.74, 6) is -0.166. The van der Waals surface area contributed by atoms with E-state index in [1.165, 1.54) is 16.9 Å². The van der Waals surface area contributed by atoms with Gasteiger partial charge in [0.1, 0.15) is 10.7 Å². The monoisotopic (exact) mass is 340 g/mol. The van der Waals surface area contributed by atoms with Gasteiger partial charge in [0.15, 0.2) is 0 Å². The molecule has 3 aromatic rings. The van der Waals surface area contributed by atoms with Crippen LogP contribution in [0.15, 0.2) is 35.8 Å². The van der Waals surface area contributed by atoms with E-state index in [1.807, 2.05) is 52.1 Å². The lowest BCUT2D eigenvalue weighted by Crippen LogP contribution is -2.27. The van der Waals surface area contributed by atoms with Crippen molar-refractivity contribution in [3.63, 3.8) is 0 Å². The third-order valence-corrected chi connectivity index (χ3v) is 5.01. The van der Waals surface area contributed by atoms with Gasteiger partial charge in [-0.25, -0.2) is 4.98 Å². The Hall–Kier alpha value is -2.47. The molecule has 3 rings (SSSR count). The van der Waals surface area contributed by atoms with Crippen molar-refractivity contribution in [1.82, 2.24) is 20.1 Å². The Morgan fingerprint density at radius 3 is 2.58 bits per heavy atom. The van der Waals surface area contributed by atoms with Gasteiger partial charge in [-0.05, 0) is 20.8 Å². The molecule has 2 heterocycles. The van der Waals surface area contributed by atoms with E-state index in [-0.39, 0.29) is 11.9 Å². The normalized spacial score (nSPS) is 12.2. The molecule has 0 saturated carbocycles. The molecule has 0 radical (unpaired) electrons. The molecule has 124 valence electrons. The lowest BCUT2D eigenvalue weighted by atomic mass is 10.1. The molecular formula is C18H20N4OS. The van der Waals surface area contributed by atoms with E-state index in [0.29, 0.717) is 5.69 Å². The molecular weight excluding hydrogens is 320 g/mol. The maximum absolute atomic E-state index is 12.5. The van der Waals surface area contributed by atoms with E-state index < -0.39 is 0 Å². The predicted octanol–water partition coefficient (Wildman–Crippen LogP) is 3.65. The van der Waals surface area contributed by atoms with E-state index in [2.05, 4.69) is 15.4 Å². The number of carbonyl (C=O) groups is 1. The molecule has 1 atom stereocenters. The van der Waals surface area contributed by atoms with Crippen LogP contribution in [0.25, 0.3) is 10.6 Å². The smallest absolute Gasteiger partial charge is 0.271 e. The summed E-state index contributed by atoms with van der Waals surface area (Å²) in [5, 5.41) is 9.86. The van der Waals surface area contributed by atoms with Gasteiger partial charge in [-0.15, -0.1) is 11.3 Å². The zero-order valence-corrected chi connectivity index (χ0v) is 15.0. The van der Waals surface area contributed by atoms with Gasteiger partial charge >= 0.3 is 0 Å². The molecule has 0 aliphatic carbocycles. The topological polar surface area (TPSA) is 59.8 Å². The third-order valence-electron chi connectivity index (χ3n) is 4.12. The highest BCUT2D eigenvalue weighted by Crippen LogP contribution is 2.24. The highest BCUT2D eigenvalue weighted by molar-refractivity contribution is 7.13. The van der Waals surface area contributed by atoms with Crippen molar-refractivity contribution in [3.05, 3.63) is 58.4 Å². The number of rotatable bonds is 4. The summed E-state index contributed by atoms with van der Waals surface area (Å²) in [6.07, 6.45) is 1.79. The highest BCUT2D eigenvalue weighted by Gasteiger charge is 2.17. The second-order valence-electron chi connectivity index (χ2n) is 5.91. The number of thiazole rings is 1. The van der Waals surface area contributed by atoms with Gasteiger partial charge in [0.25, 0.3) is 5.91 Å². The molecule has 5 nitrogen and oxygen atoms in total. The first-order valence-corrected chi connectivity index (χ1v) is 8.65. The number of nitrogens with zero attached hydrogens (tertiary/aromatic N) is 3. The molecule has 0 spiro atoms. The number of amides is 1. The second-order valence-corrected chi connectivity index (χ2v) is 6.77. The summed E-state index contributed by atoms with van der Waals surface area (Å²) >= 11 is 1.48. The Bertz CT molecular complexity index is 864. The van der Waals surface area contributed by atoms with E-state index in [4.69, 9.17) is 0 Å². The van der Waals surface area contributed by atoms with Crippen LogP contribution in [0.5, 0.6) is 0 Å². The Kier molecular flexibility index (Phi) is 4.49. The van der Waals surface area contributed by atoms with Crippen LogP contribution >= 0.6 is 11.3 Å². The van der Waals surface area contributed by atoms with Gasteiger partial charge in [0.2, 0.25) is 0 Å². The number of hydrogen-bond donors (Lipinski definition) is 1. The van der Waals surface area contributed by atoms with Crippen LogP contribution in [0.2, 0.25) is 0 Å². The van der Waals surface area contributed by atoms with E-state index in [9.17, 15) is 4.79 Å². The van der Waals surface area contributed by atoms with Gasteiger partial charge < -0.3 is 5.32 Å². The zero-order valence-electron chi connectivity index (χ0n) is 14.2. The van der Waals surface area contributed by atoms with Crippen molar-refractivity contribution in [2.75, 3.05) is 0 Å². The van der Waals surface area contributed by atoms with E-state index >= 15 is 0 Å². The SMILES string of the molecule is Cc1ccc(-c2nc(C(=O)NC(C)c3cnn(C)c3C)cs2)cc1. The number of hydrogen-bond acceptors (Lipinski definition) is 4. The molecule has 0 fully saturated rings. The van der Waals surface area contributed by atoms with E-state index in [0.717, 1.165) is 21.8 Å². The number of aromatic nitrogens is 3. The van der Waals surface area contributed by atoms with Crippen LogP contribution in [0.3, 0.4) is 0 Å². The summed E-state index contributed by atoms with van der Waals surface area (Å²) in [5.41, 5.74) is 4.74. The first kappa shape index (κ1) is 16.4. The maximum Gasteiger partial charge on any atom is 0.271 e.